The van der Waals surface area contributed by atoms with Crippen molar-refractivity contribution in [2.24, 2.45) is 0 Å². The fourth-order valence-electron chi connectivity index (χ4n) is 2.97. The maximum atomic E-state index is 12.8. The summed E-state index contributed by atoms with van der Waals surface area (Å²) >= 11 is 0. The third-order valence-corrected chi connectivity index (χ3v) is 4.43. The van der Waals surface area contributed by atoms with E-state index in [1.807, 2.05) is 0 Å². The summed E-state index contributed by atoms with van der Waals surface area (Å²) in [6, 6.07) is 5.63. The fraction of sp³-hybridized carbons (Fsp3) is 0.526. The zero-order valence-electron chi connectivity index (χ0n) is 15.4. The van der Waals surface area contributed by atoms with E-state index in [4.69, 9.17) is 0 Å². The smallest absolute Gasteiger partial charge is 0.315 e. The topological polar surface area (TPSA) is 99.3 Å². The minimum absolute atomic E-state index is 0.0451. The fourth-order valence-corrected chi connectivity index (χ4v) is 2.97. The van der Waals surface area contributed by atoms with Crippen LogP contribution in [-0.4, -0.2) is 30.4 Å². The maximum absolute atomic E-state index is 12.8. The van der Waals surface area contributed by atoms with Crippen molar-refractivity contribution in [1.82, 2.24) is 21.5 Å². The van der Waals surface area contributed by atoms with Gasteiger partial charge in [-0.2, -0.15) is 0 Å². The van der Waals surface area contributed by atoms with Gasteiger partial charge in [0.15, 0.2) is 0 Å². The Kier molecular flexibility index (Phi) is 8.54. The molecule has 4 N–H and O–H groups in total. The number of hydrogen-bond donors (Lipinski definition) is 4. The van der Waals surface area contributed by atoms with Crippen molar-refractivity contribution in [2.75, 3.05) is 6.54 Å². The summed E-state index contributed by atoms with van der Waals surface area (Å²) in [4.78, 5) is 35.2. The zero-order chi connectivity index (χ0) is 19.5. The van der Waals surface area contributed by atoms with Crippen molar-refractivity contribution in [2.45, 2.75) is 57.4 Å². The quantitative estimate of drug-likeness (QED) is 0.431. The highest BCUT2D eigenvalue weighted by atomic mass is 19.1. The number of benzene rings is 1. The SMILES string of the molecule is O=C(CCCNC(=O)NC1CCCCC1)NNC(=O)Cc1ccc(F)cc1. The third-order valence-electron chi connectivity index (χ3n) is 4.43. The lowest BCUT2D eigenvalue weighted by Crippen LogP contribution is -2.44. The van der Waals surface area contributed by atoms with Gasteiger partial charge < -0.3 is 10.6 Å². The highest BCUT2D eigenvalue weighted by molar-refractivity contribution is 5.83. The second kappa shape index (κ2) is 11.2. The molecule has 0 atom stereocenters. The van der Waals surface area contributed by atoms with Crippen LogP contribution in [0.3, 0.4) is 0 Å². The van der Waals surface area contributed by atoms with E-state index in [9.17, 15) is 18.8 Å². The second-order valence-corrected chi connectivity index (χ2v) is 6.74. The first-order valence-corrected chi connectivity index (χ1v) is 9.39. The van der Waals surface area contributed by atoms with Gasteiger partial charge in [-0.25, -0.2) is 9.18 Å². The van der Waals surface area contributed by atoms with Crippen LogP contribution in [0.2, 0.25) is 0 Å². The molecule has 0 saturated heterocycles. The van der Waals surface area contributed by atoms with Crippen molar-refractivity contribution in [1.29, 1.82) is 0 Å². The minimum atomic E-state index is -0.389. The van der Waals surface area contributed by atoms with E-state index in [-0.39, 0.29) is 42.5 Å². The van der Waals surface area contributed by atoms with E-state index in [0.717, 1.165) is 25.7 Å². The van der Waals surface area contributed by atoms with Crippen LogP contribution in [0.15, 0.2) is 24.3 Å². The van der Waals surface area contributed by atoms with Crippen LogP contribution in [0.5, 0.6) is 0 Å². The lowest BCUT2D eigenvalue weighted by Gasteiger charge is -2.22. The minimum Gasteiger partial charge on any atom is -0.338 e. The largest absolute Gasteiger partial charge is 0.338 e. The van der Waals surface area contributed by atoms with Gasteiger partial charge in [0.25, 0.3) is 0 Å². The van der Waals surface area contributed by atoms with Crippen LogP contribution < -0.4 is 21.5 Å². The number of nitrogens with one attached hydrogen (secondary N) is 4. The molecule has 1 saturated carbocycles. The van der Waals surface area contributed by atoms with Crippen molar-refractivity contribution in [3.05, 3.63) is 35.6 Å². The second-order valence-electron chi connectivity index (χ2n) is 6.74. The summed E-state index contributed by atoms with van der Waals surface area (Å²) in [5.74, 6) is -1.09. The van der Waals surface area contributed by atoms with Gasteiger partial charge in [-0.3, -0.25) is 20.4 Å². The summed E-state index contributed by atoms with van der Waals surface area (Å²) in [6.07, 6.45) is 6.27. The summed E-state index contributed by atoms with van der Waals surface area (Å²) in [5.41, 5.74) is 5.29. The van der Waals surface area contributed by atoms with E-state index < -0.39 is 0 Å². The van der Waals surface area contributed by atoms with Crippen molar-refractivity contribution >= 4 is 17.8 Å². The highest BCUT2D eigenvalue weighted by Crippen LogP contribution is 2.17. The number of carbonyl (C=O) groups excluding carboxylic acids is 3. The Morgan fingerprint density at radius 1 is 0.963 bits per heavy atom. The average molecular weight is 378 g/mol. The van der Waals surface area contributed by atoms with E-state index >= 15 is 0 Å². The molecule has 0 radical (unpaired) electrons. The Morgan fingerprint density at radius 2 is 1.63 bits per heavy atom. The molecule has 7 nitrogen and oxygen atoms in total. The highest BCUT2D eigenvalue weighted by Gasteiger charge is 2.15. The van der Waals surface area contributed by atoms with Crippen LogP contribution in [0, 0.1) is 5.82 Å². The molecule has 4 amide bonds. The van der Waals surface area contributed by atoms with E-state index in [1.54, 1.807) is 0 Å². The normalized spacial score (nSPS) is 14.3. The summed E-state index contributed by atoms with van der Waals surface area (Å²) in [5, 5.41) is 5.68. The van der Waals surface area contributed by atoms with Crippen molar-refractivity contribution in [3.63, 3.8) is 0 Å². The summed E-state index contributed by atoms with van der Waals surface area (Å²) < 4.78 is 12.8. The van der Waals surface area contributed by atoms with Gasteiger partial charge in [0.1, 0.15) is 5.82 Å². The molecular weight excluding hydrogens is 351 g/mol. The molecule has 0 aromatic heterocycles. The van der Waals surface area contributed by atoms with E-state index in [1.165, 1.54) is 30.7 Å². The lowest BCUT2D eigenvalue weighted by molar-refractivity contribution is -0.128. The summed E-state index contributed by atoms with van der Waals surface area (Å²) in [6.45, 7) is 0.384. The molecule has 148 valence electrons. The van der Waals surface area contributed by atoms with Gasteiger partial charge in [-0.1, -0.05) is 31.4 Å². The van der Waals surface area contributed by atoms with Gasteiger partial charge in [0, 0.05) is 19.0 Å². The van der Waals surface area contributed by atoms with Crippen LogP contribution >= 0.6 is 0 Å². The van der Waals surface area contributed by atoms with Crippen LogP contribution in [0.1, 0.15) is 50.5 Å². The van der Waals surface area contributed by atoms with Gasteiger partial charge >= 0.3 is 6.03 Å². The number of urea groups is 1. The number of hydrogen-bond acceptors (Lipinski definition) is 3. The zero-order valence-corrected chi connectivity index (χ0v) is 15.4. The molecule has 0 aliphatic heterocycles. The Morgan fingerprint density at radius 3 is 2.33 bits per heavy atom. The number of hydrazine groups is 1. The molecule has 1 aromatic rings. The first-order chi connectivity index (χ1) is 13.0. The van der Waals surface area contributed by atoms with Gasteiger partial charge in [0.2, 0.25) is 11.8 Å². The average Bonchev–Trinajstić information content (AvgIpc) is 2.66. The number of rotatable bonds is 7. The predicted octanol–water partition coefficient (Wildman–Crippen LogP) is 1.93. The molecule has 0 heterocycles. The van der Waals surface area contributed by atoms with Gasteiger partial charge in [0.05, 0.1) is 6.42 Å². The van der Waals surface area contributed by atoms with Gasteiger partial charge in [-0.05, 0) is 37.0 Å². The number of amides is 4. The van der Waals surface area contributed by atoms with E-state index in [0.29, 0.717) is 18.5 Å². The molecule has 2 rings (SSSR count). The monoisotopic (exact) mass is 378 g/mol. The standard InChI is InChI=1S/C19H27FN4O3/c20-15-10-8-14(9-11-15)13-18(26)24-23-17(25)7-4-12-21-19(27)22-16-5-2-1-3-6-16/h8-11,16H,1-7,12-13H2,(H,23,25)(H,24,26)(H2,21,22,27). The molecule has 1 aliphatic rings. The first-order valence-electron chi connectivity index (χ1n) is 9.39. The summed E-state index contributed by atoms with van der Waals surface area (Å²) in [7, 11) is 0. The lowest BCUT2D eigenvalue weighted by atomic mass is 9.96. The van der Waals surface area contributed by atoms with Crippen LogP contribution in [0.4, 0.5) is 9.18 Å². The molecule has 1 aromatic carbocycles. The van der Waals surface area contributed by atoms with Crippen LogP contribution in [0.25, 0.3) is 0 Å². The third kappa shape index (κ3) is 8.52. The molecule has 0 unspecified atom stereocenters. The maximum Gasteiger partial charge on any atom is 0.315 e. The van der Waals surface area contributed by atoms with Crippen LogP contribution in [-0.2, 0) is 16.0 Å². The molecular formula is C19H27FN4O3. The molecule has 27 heavy (non-hydrogen) atoms. The van der Waals surface area contributed by atoms with E-state index in [2.05, 4.69) is 21.5 Å². The van der Waals surface area contributed by atoms with Gasteiger partial charge in [-0.15, -0.1) is 0 Å². The number of carbonyl (C=O) groups is 3. The molecule has 1 aliphatic carbocycles. The molecule has 0 bridgehead atoms. The first kappa shape index (κ1) is 20.7. The predicted molar refractivity (Wildman–Crippen MR) is 99.0 cm³/mol. The van der Waals surface area contributed by atoms with Crippen molar-refractivity contribution < 1.29 is 18.8 Å². The Labute approximate surface area is 158 Å². The number of halogens is 1. The Balaban J connectivity index is 1.52. The molecule has 0 spiro atoms. The van der Waals surface area contributed by atoms with Crippen molar-refractivity contribution in [3.8, 4) is 0 Å². The Bertz CT molecular complexity index is 630. The molecule has 1 fully saturated rings. The molecule has 8 heteroatoms. The Hall–Kier alpha value is -2.64.